The fraction of sp³-hybridized carbons (Fsp3) is 0.444. The van der Waals surface area contributed by atoms with Crippen molar-refractivity contribution in [1.82, 2.24) is 24.6 Å². The van der Waals surface area contributed by atoms with Gasteiger partial charge in [0, 0.05) is 19.0 Å². The minimum atomic E-state index is -3.89. The molecule has 0 bridgehead atoms. The number of aromatic nitrogens is 3. The molecular formula is C36H45N5O6S. The topological polar surface area (TPSA) is 144 Å². The van der Waals surface area contributed by atoms with Gasteiger partial charge in [-0.1, -0.05) is 62.4 Å². The van der Waals surface area contributed by atoms with Crippen molar-refractivity contribution in [2.45, 2.75) is 97.4 Å². The van der Waals surface area contributed by atoms with Crippen molar-refractivity contribution in [3.05, 3.63) is 82.4 Å². The van der Waals surface area contributed by atoms with Crippen molar-refractivity contribution >= 4 is 32.9 Å². The van der Waals surface area contributed by atoms with Crippen LogP contribution in [0.2, 0.25) is 0 Å². The Morgan fingerprint density at radius 1 is 1.06 bits per heavy atom. The molecule has 2 atom stereocenters. The zero-order valence-electron chi connectivity index (χ0n) is 28.9. The number of hydrogen-bond acceptors (Lipinski definition) is 7. The van der Waals surface area contributed by atoms with E-state index in [1.165, 1.54) is 18.2 Å². The molecule has 0 spiro atoms. The molecule has 11 nitrogen and oxygen atoms in total. The number of hydrogen-bond donors (Lipinski definition) is 2. The van der Waals surface area contributed by atoms with Crippen LogP contribution >= 0.6 is 0 Å². The van der Waals surface area contributed by atoms with Gasteiger partial charge in [0.2, 0.25) is 15.9 Å². The van der Waals surface area contributed by atoms with Gasteiger partial charge in [-0.15, -0.1) is 5.10 Å². The number of amides is 1. The number of para-hydroxylation sites is 1. The van der Waals surface area contributed by atoms with E-state index in [2.05, 4.69) is 15.6 Å². The first-order valence-corrected chi connectivity index (χ1v) is 17.7. The van der Waals surface area contributed by atoms with Crippen LogP contribution in [0.4, 0.5) is 0 Å². The Hall–Kier alpha value is -4.29. The van der Waals surface area contributed by atoms with Crippen molar-refractivity contribution in [2.24, 2.45) is 5.41 Å². The van der Waals surface area contributed by atoms with E-state index in [0.29, 0.717) is 24.2 Å². The lowest BCUT2D eigenvalue weighted by Gasteiger charge is -2.37. The van der Waals surface area contributed by atoms with E-state index in [9.17, 15) is 23.1 Å². The number of carboxylic acid groups (broad SMARTS) is 1. The van der Waals surface area contributed by atoms with Crippen LogP contribution in [0.1, 0.15) is 81.7 Å². The van der Waals surface area contributed by atoms with Gasteiger partial charge >= 0.3 is 5.97 Å². The maximum atomic E-state index is 14.1. The van der Waals surface area contributed by atoms with Crippen LogP contribution in [0.15, 0.2) is 59.5 Å². The second-order valence-electron chi connectivity index (χ2n) is 13.7. The SMILES string of the molecule is CC[C@@H]1CN(Cc2cc([C@@H](c3ccc4c(nnn4CC)c3C)C(C)(C)C(=O)NC(C)(C)C(=O)O)ccc2C)S(=O)(=O)c2ccccc2O1. The third-order valence-corrected chi connectivity index (χ3v) is 11.4. The number of ether oxygens (including phenoxy) is 1. The van der Waals surface area contributed by atoms with Crippen LogP contribution in [0, 0.1) is 19.3 Å². The molecule has 1 amide bonds. The number of nitrogens with zero attached hydrogens (tertiary/aromatic N) is 4. The summed E-state index contributed by atoms with van der Waals surface area (Å²) in [6.45, 7) is 15.3. The number of sulfonamides is 1. The van der Waals surface area contributed by atoms with E-state index in [4.69, 9.17) is 4.74 Å². The molecule has 1 aliphatic heterocycles. The van der Waals surface area contributed by atoms with Gasteiger partial charge in [0.1, 0.15) is 27.8 Å². The van der Waals surface area contributed by atoms with Crippen molar-refractivity contribution < 1.29 is 27.9 Å². The van der Waals surface area contributed by atoms with Crippen LogP contribution in [-0.2, 0) is 32.7 Å². The number of carbonyl (C=O) groups is 2. The molecule has 48 heavy (non-hydrogen) atoms. The number of benzene rings is 3. The van der Waals surface area contributed by atoms with E-state index < -0.39 is 38.8 Å². The smallest absolute Gasteiger partial charge is 0.328 e. The van der Waals surface area contributed by atoms with Gasteiger partial charge in [-0.2, -0.15) is 4.31 Å². The number of rotatable bonds is 10. The van der Waals surface area contributed by atoms with Gasteiger partial charge in [0.05, 0.1) is 17.5 Å². The molecule has 0 unspecified atom stereocenters. The van der Waals surface area contributed by atoms with Crippen molar-refractivity contribution in [1.29, 1.82) is 0 Å². The number of carboxylic acids is 1. The van der Waals surface area contributed by atoms with E-state index >= 15 is 0 Å². The van der Waals surface area contributed by atoms with Crippen molar-refractivity contribution in [3.8, 4) is 5.75 Å². The van der Waals surface area contributed by atoms with Gasteiger partial charge < -0.3 is 15.2 Å². The highest BCUT2D eigenvalue weighted by atomic mass is 32.2. The molecule has 5 rings (SSSR count). The zero-order chi connectivity index (χ0) is 35.2. The lowest BCUT2D eigenvalue weighted by Crippen LogP contribution is -2.54. The maximum absolute atomic E-state index is 14.1. The van der Waals surface area contributed by atoms with Crippen LogP contribution < -0.4 is 10.1 Å². The lowest BCUT2D eigenvalue weighted by molar-refractivity contribution is -0.147. The minimum absolute atomic E-state index is 0.102. The highest BCUT2D eigenvalue weighted by Crippen LogP contribution is 2.44. The van der Waals surface area contributed by atoms with E-state index in [1.807, 2.05) is 62.7 Å². The van der Waals surface area contributed by atoms with E-state index in [-0.39, 0.29) is 24.1 Å². The normalized spacial score (nSPS) is 17.3. The second-order valence-corrected chi connectivity index (χ2v) is 15.6. The number of fused-ring (bicyclic) bond motifs is 2. The van der Waals surface area contributed by atoms with Crippen molar-refractivity contribution in [3.63, 3.8) is 0 Å². The standard InChI is InChI=1S/C36H45N5O6S/c1-9-26-21-40(48(45,46)30-14-12-11-13-29(30)47-26)20-25-19-24(16-15-22(25)3)31(35(5,6)33(42)37-36(7,8)34(43)44)27-17-18-28-32(23(27)4)38-39-41(28)10-2/h11-19,26,31H,9-10,20-21H2,1-8H3,(H,37,42)(H,43,44)/t26-,31+/m1/s1. The Morgan fingerprint density at radius 2 is 1.77 bits per heavy atom. The molecule has 2 N–H and O–H groups in total. The summed E-state index contributed by atoms with van der Waals surface area (Å²) < 4.78 is 37.4. The molecule has 3 aromatic carbocycles. The molecule has 4 aromatic rings. The fourth-order valence-corrected chi connectivity index (χ4v) is 7.95. The van der Waals surface area contributed by atoms with Crippen LogP contribution in [0.5, 0.6) is 5.75 Å². The molecule has 256 valence electrons. The first-order valence-electron chi connectivity index (χ1n) is 16.3. The number of aliphatic carboxylic acids is 1. The Kier molecular flexibility index (Phi) is 9.46. The Bertz CT molecular complexity index is 1980. The van der Waals surface area contributed by atoms with Gasteiger partial charge in [0.25, 0.3) is 0 Å². The summed E-state index contributed by atoms with van der Waals surface area (Å²) >= 11 is 0. The molecule has 0 saturated carbocycles. The summed E-state index contributed by atoms with van der Waals surface area (Å²) in [6.07, 6.45) is 0.299. The maximum Gasteiger partial charge on any atom is 0.328 e. The van der Waals surface area contributed by atoms with Crippen LogP contribution in [-0.4, -0.2) is 62.9 Å². The Morgan fingerprint density at radius 3 is 2.44 bits per heavy atom. The Balaban J connectivity index is 1.64. The molecule has 12 heteroatoms. The lowest BCUT2D eigenvalue weighted by atomic mass is 9.69. The van der Waals surface area contributed by atoms with E-state index in [1.54, 1.807) is 38.1 Å². The second kappa shape index (κ2) is 13.0. The van der Waals surface area contributed by atoms with Gasteiger partial charge in [-0.3, -0.25) is 4.79 Å². The molecule has 2 heterocycles. The molecule has 0 radical (unpaired) electrons. The van der Waals surface area contributed by atoms with Gasteiger partial charge in [0.15, 0.2) is 0 Å². The summed E-state index contributed by atoms with van der Waals surface area (Å²) in [5.41, 5.74) is 3.08. The first-order chi connectivity index (χ1) is 22.5. The predicted octanol–water partition coefficient (Wildman–Crippen LogP) is 5.57. The molecular weight excluding hydrogens is 630 g/mol. The fourth-order valence-electron chi connectivity index (χ4n) is 6.38. The average Bonchev–Trinajstić information content (AvgIpc) is 3.42. The number of aryl methyl sites for hydroxylation is 3. The predicted molar refractivity (Wildman–Crippen MR) is 183 cm³/mol. The quantitative estimate of drug-likeness (QED) is 0.222. The van der Waals surface area contributed by atoms with Crippen molar-refractivity contribution in [2.75, 3.05) is 6.54 Å². The summed E-state index contributed by atoms with van der Waals surface area (Å²) in [7, 11) is -3.89. The molecule has 0 aliphatic carbocycles. The van der Waals surface area contributed by atoms with E-state index in [0.717, 1.165) is 33.3 Å². The molecule has 1 aromatic heterocycles. The summed E-state index contributed by atoms with van der Waals surface area (Å²) in [6, 6.07) is 16.5. The average molecular weight is 676 g/mol. The third-order valence-electron chi connectivity index (χ3n) is 9.54. The molecule has 0 fully saturated rings. The van der Waals surface area contributed by atoms with Crippen LogP contribution in [0.25, 0.3) is 11.0 Å². The minimum Gasteiger partial charge on any atom is -0.488 e. The number of carbonyl (C=O) groups excluding carboxylic acids is 1. The van der Waals surface area contributed by atoms with Gasteiger partial charge in [-0.05, 0) is 87.1 Å². The largest absolute Gasteiger partial charge is 0.488 e. The summed E-state index contributed by atoms with van der Waals surface area (Å²) in [4.78, 5) is 26.2. The highest BCUT2D eigenvalue weighted by molar-refractivity contribution is 7.89. The monoisotopic (exact) mass is 675 g/mol. The molecule has 1 aliphatic rings. The molecule has 0 saturated heterocycles. The summed E-state index contributed by atoms with van der Waals surface area (Å²) in [5.74, 6) is -1.80. The summed E-state index contributed by atoms with van der Waals surface area (Å²) in [5, 5.41) is 21.3. The Labute approximate surface area is 282 Å². The highest BCUT2D eigenvalue weighted by Gasteiger charge is 2.43. The van der Waals surface area contributed by atoms with Crippen LogP contribution in [0.3, 0.4) is 0 Å². The van der Waals surface area contributed by atoms with Gasteiger partial charge in [-0.25, -0.2) is 17.9 Å². The zero-order valence-corrected chi connectivity index (χ0v) is 29.7. The third kappa shape index (κ3) is 6.30. The number of nitrogens with one attached hydrogen (secondary N) is 1. The first kappa shape index (κ1) is 35.0.